The molecule has 0 bridgehead atoms. The van der Waals surface area contributed by atoms with Gasteiger partial charge in [0.05, 0.1) is 6.26 Å². The largest absolute Gasteiger partial charge is 0.466 e. The van der Waals surface area contributed by atoms with Crippen LogP contribution in [0, 0.1) is 19.7 Å². The molecule has 1 N–H and O–H groups in total. The second-order valence-corrected chi connectivity index (χ2v) is 3.87. The third-order valence-corrected chi connectivity index (χ3v) is 2.69. The van der Waals surface area contributed by atoms with Crippen LogP contribution in [0.4, 0.5) is 4.39 Å². The van der Waals surface area contributed by atoms with E-state index in [0.29, 0.717) is 11.3 Å². The normalized spacial score (nSPS) is 12.8. The van der Waals surface area contributed by atoms with Crippen LogP contribution in [0.3, 0.4) is 0 Å². The maximum Gasteiger partial charge on any atom is 0.139 e. The summed E-state index contributed by atoms with van der Waals surface area (Å²) in [6, 6.07) is 6.13. The van der Waals surface area contributed by atoms with E-state index in [1.54, 1.807) is 12.1 Å². The minimum absolute atomic E-state index is 0.358. The van der Waals surface area contributed by atoms with E-state index in [4.69, 9.17) is 4.42 Å². The quantitative estimate of drug-likeness (QED) is 0.843. The molecule has 1 aromatic heterocycles. The number of aliphatic hydroxyl groups is 1. The van der Waals surface area contributed by atoms with Crippen molar-refractivity contribution >= 4 is 0 Å². The second-order valence-electron chi connectivity index (χ2n) is 3.87. The molecule has 16 heavy (non-hydrogen) atoms. The lowest BCUT2D eigenvalue weighted by atomic mass is 10.00. The summed E-state index contributed by atoms with van der Waals surface area (Å²) in [5, 5.41) is 10.1. The Balaban J connectivity index is 2.45. The van der Waals surface area contributed by atoms with Gasteiger partial charge in [-0.15, -0.1) is 0 Å². The molecule has 2 nitrogen and oxygen atoms in total. The van der Waals surface area contributed by atoms with Crippen molar-refractivity contribution in [1.29, 1.82) is 0 Å². The molecule has 0 amide bonds. The summed E-state index contributed by atoms with van der Waals surface area (Å²) < 4.78 is 18.3. The highest BCUT2D eigenvalue weighted by Gasteiger charge is 2.18. The van der Waals surface area contributed by atoms with Gasteiger partial charge in [-0.1, -0.05) is 6.07 Å². The molecule has 0 aliphatic carbocycles. The van der Waals surface area contributed by atoms with E-state index in [-0.39, 0.29) is 5.82 Å². The average molecular weight is 220 g/mol. The fraction of sp³-hybridized carbons (Fsp3) is 0.231. The van der Waals surface area contributed by atoms with Crippen molar-refractivity contribution in [3.05, 3.63) is 58.8 Å². The average Bonchev–Trinajstić information content (AvgIpc) is 2.67. The Kier molecular flexibility index (Phi) is 2.79. The fourth-order valence-corrected chi connectivity index (χ4v) is 1.71. The van der Waals surface area contributed by atoms with Crippen LogP contribution in [0.5, 0.6) is 0 Å². The lowest BCUT2D eigenvalue weighted by molar-refractivity contribution is 0.187. The number of aryl methyl sites for hydroxylation is 2. The van der Waals surface area contributed by atoms with Crippen molar-refractivity contribution in [3.8, 4) is 0 Å². The maximum absolute atomic E-state index is 13.1. The summed E-state index contributed by atoms with van der Waals surface area (Å²) >= 11 is 0. The summed E-state index contributed by atoms with van der Waals surface area (Å²) in [5.41, 5.74) is 2.24. The van der Waals surface area contributed by atoms with E-state index in [1.807, 2.05) is 13.8 Å². The third kappa shape index (κ3) is 1.86. The smallest absolute Gasteiger partial charge is 0.139 e. The van der Waals surface area contributed by atoms with E-state index in [2.05, 4.69) is 0 Å². The molecule has 3 heteroatoms. The van der Waals surface area contributed by atoms with Crippen LogP contribution in [0.15, 0.2) is 34.9 Å². The van der Waals surface area contributed by atoms with Crippen molar-refractivity contribution < 1.29 is 13.9 Å². The fourth-order valence-electron chi connectivity index (χ4n) is 1.71. The molecule has 0 fully saturated rings. The predicted molar refractivity (Wildman–Crippen MR) is 58.6 cm³/mol. The van der Waals surface area contributed by atoms with Gasteiger partial charge in [0.15, 0.2) is 0 Å². The van der Waals surface area contributed by atoms with Gasteiger partial charge in [-0.05, 0) is 48.7 Å². The molecule has 1 atom stereocenters. The van der Waals surface area contributed by atoms with Gasteiger partial charge in [-0.3, -0.25) is 0 Å². The van der Waals surface area contributed by atoms with Gasteiger partial charge in [-0.25, -0.2) is 4.39 Å². The minimum atomic E-state index is -0.911. The number of halogens is 1. The maximum atomic E-state index is 13.1. The number of furan rings is 1. The van der Waals surface area contributed by atoms with E-state index in [1.165, 1.54) is 18.4 Å². The van der Waals surface area contributed by atoms with Gasteiger partial charge < -0.3 is 9.52 Å². The lowest BCUT2D eigenvalue weighted by Gasteiger charge is -2.12. The SMILES string of the molecule is Cc1ccc(F)cc1C(O)c1occc1C. The zero-order valence-electron chi connectivity index (χ0n) is 9.20. The number of benzene rings is 1. The van der Waals surface area contributed by atoms with Crippen LogP contribution in [0.1, 0.15) is 28.6 Å². The zero-order valence-corrected chi connectivity index (χ0v) is 9.20. The van der Waals surface area contributed by atoms with Crippen molar-refractivity contribution in [1.82, 2.24) is 0 Å². The summed E-state index contributed by atoms with van der Waals surface area (Å²) in [4.78, 5) is 0. The molecule has 0 saturated carbocycles. The molecule has 0 aliphatic heterocycles. The first-order chi connectivity index (χ1) is 7.59. The third-order valence-electron chi connectivity index (χ3n) is 2.69. The molecular formula is C13H13FO2. The molecule has 0 radical (unpaired) electrons. The Hall–Kier alpha value is -1.61. The Morgan fingerprint density at radius 2 is 1.94 bits per heavy atom. The first-order valence-corrected chi connectivity index (χ1v) is 5.07. The van der Waals surface area contributed by atoms with Crippen LogP contribution in [-0.2, 0) is 0 Å². The van der Waals surface area contributed by atoms with Crippen LogP contribution >= 0.6 is 0 Å². The molecule has 0 saturated heterocycles. The van der Waals surface area contributed by atoms with E-state index in [0.717, 1.165) is 11.1 Å². The number of aliphatic hydroxyl groups excluding tert-OH is 1. The van der Waals surface area contributed by atoms with Crippen LogP contribution in [0.25, 0.3) is 0 Å². The van der Waals surface area contributed by atoms with E-state index in [9.17, 15) is 9.50 Å². The first kappa shape index (κ1) is 10.9. The van der Waals surface area contributed by atoms with E-state index >= 15 is 0 Å². The lowest BCUT2D eigenvalue weighted by Crippen LogP contribution is -2.02. The Labute approximate surface area is 93.3 Å². The van der Waals surface area contributed by atoms with Gasteiger partial charge in [0.25, 0.3) is 0 Å². The van der Waals surface area contributed by atoms with Crippen LogP contribution in [0.2, 0.25) is 0 Å². The van der Waals surface area contributed by atoms with Crippen molar-refractivity contribution in [2.45, 2.75) is 20.0 Å². The molecule has 1 unspecified atom stereocenters. The second kappa shape index (κ2) is 4.10. The highest BCUT2D eigenvalue weighted by atomic mass is 19.1. The number of hydrogen-bond acceptors (Lipinski definition) is 2. The molecule has 0 spiro atoms. The monoisotopic (exact) mass is 220 g/mol. The highest BCUT2D eigenvalue weighted by molar-refractivity contribution is 5.34. The topological polar surface area (TPSA) is 33.4 Å². The van der Waals surface area contributed by atoms with E-state index < -0.39 is 6.10 Å². The minimum Gasteiger partial charge on any atom is -0.466 e. The van der Waals surface area contributed by atoms with Gasteiger partial charge in [0.1, 0.15) is 17.7 Å². The molecule has 84 valence electrons. The van der Waals surface area contributed by atoms with Crippen molar-refractivity contribution in [2.24, 2.45) is 0 Å². The number of hydrogen-bond donors (Lipinski definition) is 1. The standard InChI is InChI=1S/C13H13FO2/c1-8-3-4-10(14)7-11(8)12(15)13-9(2)5-6-16-13/h3-7,12,15H,1-2H3. The van der Waals surface area contributed by atoms with Gasteiger partial charge in [0, 0.05) is 0 Å². The van der Waals surface area contributed by atoms with Crippen LogP contribution < -0.4 is 0 Å². The van der Waals surface area contributed by atoms with Gasteiger partial charge in [-0.2, -0.15) is 0 Å². The van der Waals surface area contributed by atoms with Gasteiger partial charge in [0.2, 0.25) is 0 Å². The zero-order chi connectivity index (χ0) is 11.7. The molecule has 2 rings (SSSR count). The summed E-state index contributed by atoms with van der Waals surface area (Å²) in [7, 11) is 0. The summed E-state index contributed by atoms with van der Waals surface area (Å²) in [6.07, 6.45) is 0.605. The summed E-state index contributed by atoms with van der Waals surface area (Å²) in [5.74, 6) is 0.109. The van der Waals surface area contributed by atoms with Crippen molar-refractivity contribution in [3.63, 3.8) is 0 Å². The van der Waals surface area contributed by atoms with Gasteiger partial charge >= 0.3 is 0 Å². The van der Waals surface area contributed by atoms with Crippen LogP contribution in [-0.4, -0.2) is 5.11 Å². The number of rotatable bonds is 2. The molecule has 1 aromatic carbocycles. The Morgan fingerprint density at radius 1 is 1.19 bits per heavy atom. The first-order valence-electron chi connectivity index (χ1n) is 5.07. The summed E-state index contributed by atoms with van der Waals surface area (Å²) in [6.45, 7) is 3.67. The predicted octanol–water partition coefficient (Wildman–Crippen LogP) is 3.12. The Bertz CT molecular complexity index is 502. The molecule has 2 aromatic rings. The Morgan fingerprint density at radius 3 is 2.56 bits per heavy atom. The molecular weight excluding hydrogens is 207 g/mol. The highest BCUT2D eigenvalue weighted by Crippen LogP contribution is 2.28. The molecule has 0 aliphatic rings. The molecule has 1 heterocycles. The van der Waals surface area contributed by atoms with Crippen molar-refractivity contribution in [2.75, 3.05) is 0 Å².